The summed E-state index contributed by atoms with van der Waals surface area (Å²) in [5.74, 6) is -0.848. The number of aryl methyl sites for hydroxylation is 3. The summed E-state index contributed by atoms with van der Waals surface area (Å²) in [5, 5.41) is 0. The van der Waals surface area contributed by atoms with E-state index in [-0.39, 0.29) is 10.8 Å². The summed E-state index contributed by atoms with van der Waals surface area (Å²) < 4.78 is 38.2. The average Bonchev–Trinajstić information content (AvgIpc) is 2.91. The van der Waals surface area contributed by atoms with Crippen molar-refractivity contribution in [2.24, 2.45) is 11.3 Å². The van der Waals surface area contributed by atoms with E-state index in [9.17, 15) is 18.0 Å². The van der Waals surface area contributed by atoms with E-state index in [0.717, 1.165) is 9.87 Å². The molecule has 0 bridgehead atoms. The van der Waals surface area contributed by atoms with Crippen LogP contribution in [0.1, 0.15) is 44.4 Å². The second-order valence-electron chi connectivity index (χ2n) is 8.28. The second-order valence-corrected chi connectivity index (χ2v) is 10.0. The fourth-order valence-corrected chi connectivity index (χ4v) is 6.02. The minimum atomic E-state index is -4.18. The SMILES string of the molecule is COC(=O)C(C)(C)[C@@H]1OC(=O)N(S(=O)(=O)c2c(C)cc(C)cc2C)[C@H]1C(C)C. The van der Waals surface area contributed by atoms with E-state index < -0.39 is 39.6 Å². The molecule has 1 fully saturated rings. The van der Waals surface area contributed by atoms with Crippen LogP contribution >= 0.6 is 0 Å². The Morgan fingerprint density at radius 1 is 1.18 bits per heavy atom. The van der Waals surface area contributed by atoms with Crippen LogP contribution in [0.2, 0.25) is 0 Å². The number of cyclic esters (lactones) is 1. The molecule has 0 aromatic heterocycles. The molecule has 1 aliphatic heterocycles. The van der Waals surface area contributed by atoms with Gasteiger partial charge >= 0.3 is 12.1 Å². The van der Waals surface area contributed by atoms with Gasteiger partial charge in [-0.05, 0) is 51.7 Å². The molecule has 0 unspecified atom stereocenters. The van der Waals surface area contributed by atoms with Crippen molar-refractivity contribution in [3.63, 3.8) is 0 Å². The zero-order valence-electron chi connectivity index (χ0n) is 17.7. The van der Waals surface area contributed by atoms with E-state index in [2.05, 4.69) is 0 Å². The normalized spacial score (nSPS) is 20.5. The number of benzene rings is 1. The zero-order valence-corrected chi connectivity index (χ0v) is 18.5. The molecule has 0 radical (unpaired) electrons. The van der Waals surface area contributed by atoms with E-state index in [1.165, 1.54) is 7.11 Å². The highest BCUT2D eigenvalue weighted by Crippen LogP contribution is 2.41. The first-order valence-electron chi connectivity index (χ1n) is 9.18. The Kier molecular flexibility index (Phi) is 5.86. The van der Waals surface area contributed by atoms with E-state index >= 15 is 0 Å². The van der Waals surface area contributed by atoms with Crippen LogP contribution in [-0.2, 0) is 24.3 Å². The first kappa shape index (κ1) is 22.2. The van der Waals surface area contributed by atoms with Crippen molar-refractivity contribution in [3.05, 3.63) is 28.8 Å². The zero-order chi connectivity index (χ0) is 21.6. The van der Waals surface area contributed by atoms with Gasteiger partial charge in [0.05, 0.1) is 18.0 Å². The van der Waals surface area contributed by atoms with Crippen molar-refractivity contribution in [2.45, 2.75) is 65.5 Å². The molecule has 0 saturated carbocycles. The lowest BCUT2D eigenvalue weighted by Crippen LogP contribution is -2.51. The average molecular weight is 412 g/mol. The molecule has 1 aromatic carbocycles. The second kappa shape index (κ2) is 7.39. The number of carbonyl (C=O) groups excluding carboxylic acids is 2. The minimum Gasteiger partial charge on any atom is -0.468 e. The van der Waals surface area contributed by atoms with Gasteiger partial charge < -0.3 is 9.47 Å². The molecule has 0 aliphatic carbocycles. The maximum atomic E-state index is 13.5. The van der Waals surface area contributed by atoms with E-state index in [4.69, 9.17) is 9.47 Å². The van der Waals surface area contributed by atoms with Gasteiger partial charge in [0.15, 0.2) is 0 Å². The summed E-state index contributed by atoms with van der Waals surface area (Å²) in [5.41, 5.74) is 0.844. The van der Waals surface area contributed by atoms with Crippen molar-refractivity contribution in [1.82, 2.24) is 4.31 Å². The van der Waals surface area contributed by atoms with Crippen molar-refractivity contribution in [3.8, 4) is 0 Å². The van der Waals surface area contributed by atoms with Crippen LogP contribution in [0.3, 0.4) is 0 Å². The Bertz CT molecular complexity index is 880. The number of esters is 1. The molecule has 28 heavy (non-hydrogen) atoms. The molecule has 1 aliphatic rings. The van der Waals surface area contributed by atoms with Crippen LogP contribution in [0, 0.1) is 32.1 Å². The van der Waals surface area contributed by atoms with Gasteiger partial charge in [0.1, 0.15) is 11.5 Å². The molecule has 1 aromatic rings. The highest BCUT2D eigenvalue weighted by Gasteiger charge is 2.58. The molecular formula is C20H29NO6S. The molecule has 1 saturated heterocycles. The quantitative estimate of drug-likeness (QED) is 0.690. The third-order valence-corrected chi connectivity index (χ3v) is 7.29. The van der Waals surface area contributed by atoms with Crippen LogP contribution in [0.25, 0.3) is 0 Å². The highest BCUT2D eigenvalue weighted by molar-refractivity contribution is 7.89. The van der Waals surface area contributed by atoms with E-state index in [0.29, 0.717) is 11.1 Å². The summed E-state index contributed by atoms with van der Waals surface area (Å²) >= 11 is 0. The highest BCUT2D eigenvalue weighted by atomic mass is 32.2. The number of rotatable bonds is 5. The number of nitrogens with zero attached hydrogens (tertiary/aromatic N) is 1. The Morgan fingerprint density at radius 2 is 1.68 bits per heavy atom. The lowest BCUT2D eigenvalue weighted by Gasteiger charge is -2.34. The van der Waals surface area contributed by atoms with Gasteiger partial charge in [-0.25, -0.2) is 13.2 Å². The predicted octanol–water partition coefficient (Wildman–Crippen LogP) is 3.35. The monoisotopic (exact) mass is 411 g/mol. The Balaban J connectivity index is 2.64. The van der Waals surface area contributed by atoms with Crippen LogP contribution in [0.5, 0.6) is 0 Å². The maximum Gasteiger partial charge on any atom is 0.424 e. The number of amides is 1. The third-order valence-electron chi connectivity index (χ3n) is 5.22. The summed E-state index contributed by atoms with van der Waals surface area (Å²) in [4.78, 5) is 25.1. The van der Waals surface area contributed by atoms with Crippen LogP contribution in [-0.4, -0.2) is 44.0 Å². The lowest BCUT2D eigenvalue weighted by molar-refractivity contribution is -0.157. The molecule has 7 nitrogen and oxygen atoms in total. The third kappa shape index (κ3) is 3.50. The Labute approximate surface area is 167 Å². The number of carbonyl (C=O) groups is 2. The van der Waals surface area contributed by atoms with Crippen molar-refractivity contribution >= 4 is 22.1 Å². The topological polar surface area (TPSA) is 90.0 Å². The number of hydrogen-bond acceptors (Lipinski definition) is 6. The maximum absolute atomic E-state index is 13.5. The van der Waals surface area contributed by atoms with Gasteiger partial charge in [-0.2, -0.15) is 4.31 Å². The fourth-order valence-electron chi connectivity index (χ4n) is 3.98. The minimum absolute atomic E-state index is 0.0947. The first-order chi connectivity index (χ1) is 12.8. The lowest BCUT2D eigenvalue weighted by atomic mass is 9.79. The molecule has 156 valence electrons. The van der Waals surface area contributed by atoms with Crippen molar-refractivity contribution < 1.29 is 27.5 Å². The summed E-state index contributed by atoms with van der Waals surface area (Å²) in [6.07, 6.45) is -1.94. The molecule has 0 spiro atoms. The molecule has 2 rings (SSSR count). The fraction of sp³-hybridized carbons (Fsp3) is 0.600. The number of ether oxygens (including phenoxy) is 2. The molecular weight excluding hydrogens is 382 g/mol. The standard InChI is InChI=1S/C20H29NO6S/c1-11(2)15-17(20(6,7)18(22)26-8)27-19(23)21(15)28(24,25)16-13(4)9-12(3)10-14(16)5/h9-11,15,17H,1-8H3/t15-,17+/m0/s1. The molecule has 0 N–H and O–H groups in total. The van der Waals surface area contributed by atoms with Gasteiger partial charge in [-0.1, -0.05) is 31.5 Å². The molecule has 2 atom stereocenters. The van der Waals surface area contributed by atoms with Gasteiger partial charge in [0, 0.05) is 0 Å². The number of sulfonamides is 1. The first-order valence-corrected chi connectivity index (χ1v) is 10.6. The summed E-state index contributed by atoms with van der Waals surface area (Å²) in [6, 6.07) is 2.69. The van der Waals surface area contributed by atoms with Gasteiger partial charge in [0.25, 0.3) is 10.0 Å². The van der Waals surface area contributed by atoms with E-state index in [1.54, 1.807) is 53.7 Å². The van der Waals surface area contributed by atoms with Gasteiger partial charge in [-0.3, -0.25) is 4.79 Å². The Hall–Kier alpha value is -2.09. The van der Waals surface area contributed by atoms with Gasteiger partial charge in [0.2, 0.25) is 0 Å². The predicted molar refractivity (Wildman–Crippen MR) is 104 cm³/mol. The molecule has 8 heteroatoms. The molecule has 1 amide bonds. The van der Waals surface area contributed by atoms with Gasteiger partial charge in [-0.15, -0.1) is 0 Å². The smallest absolute Gasteiger partial charge is 0.424 e. The van der Waals surface area contributed by atoms with E-state index in [1.807, 2.05) is 6.92 Å². The summed E-state index contributed by atoms with van der Waals surface area (Å²) in [7, 11) is -2.93. The van der Waals surface area contributed by atoms with Crippen LogP contribution < -0.4 is 0 Å². The van der Waals surface area contributed by atoms with Crippen LogP contribution in [0.4, 0.5) is 4.79 Å². The Morgan fingerprint density at radius 3 is 2.11 bits per heavy atom. The van der Waals surface area contributed by atoms with Crippen LogP contribution in [0.15, 0.2) is 17.0 Å². The number of methoxy groups -OCH3 is 1. The van der Waals surface area contributed by atoms with Crippen molar-refractivity contribution in [2.75, 3.05) is 7.11 Å². The summed E-state index contributed by atoms with van der Waals surface area (Å²) in [6.45, 7) is 12.1. The largest absolute Gasteiger partial charge is 0.468 e. The molecule has 1 heterocycles. The number of hydrogen-bond donors (Lipinski definition) is 0. The van der Waals surface area contributed by atoms with Crippen molar-refractivity contribution in [1.29, 1.82) is 0 Å².